The molecule has 0 unspecified atom stereocenters. The third kappa shape index (κ3) is 6.35. The number of aromatic nitrogens is 4. The van der Waals surface area contributed by atoms with E-state index in [2.05, 4.69) is 22.1 Å². The van der Waals surface area contributed by atoms with E-state index in [1.54, 1.807) is 58.2 Å². The van der Waals surface area contributed by atoms with Crippen molar-refractivity contribution >= 4 is 34.7 Å². The molecule has 1 fully saturated rings. The highest BCUT2D eigenvalue weighted by Gasteiger charge is 2.30. The van der Waals surface area contributed by atoms with Crippen molar-refractivity contribution in [3.63, 3.8) is 0 Å². The summed E-state index contributed by atoms with van der Waals surface area (Å²) in [6.07, 6.45) is 5.12. The van der Waals surface area contributed by atoms with Crippen LogP contribution in [0.1, 0.15) is 57.1 Å². The molecule has 1 aromatic carbocycles. The summed E-state index contributed by atoms with van der Waals surface area (Å²) in [5.41, 5.74) is 3.94. The molecule has 2 amide bonds. The van der Waals surface area contributed by atoms with E-state index in [1.165, 1.54) is 11.1 Å². The number of imidazole rings is 1. The van der Waals surface area contributed by atoms with Crippen molar-refractivity contribution in [2.75, 3.05) is 19.0 Å². The van der Waals surface area contributed by atoms with Crippen molar-refractivity contribution in [1.29, 1.82) is 5.26 Å². The van der Waals surface area contributed by atoms with E-state index in [1.807, 2.05) is 28.8 Å². The molecule has 0 aliphatic heterocycles. The predicted octanol–water partition coefficient (Wildman–Crippen LogP) is 5.79. The first-order chi connectivity index (χ1) is 19.5. The molecule has 5 rings (SSSR count). The van der Waals surface area contributed by atoms with Gasteiger partial charge in [-0.05, 0) is 81.5 Å². The number of anilines is 2. The monoisotopic (exact) mass is 551 g/mol. The Hall–Kier alpha value is -4.78. The summed E-state index contributed by atoms with van der Waals surface area (Å²) >= 11 is 0. The Morgan fingerprint density at radius 1 is 1.07 bits per heavy atom. The van der Waals surface area contributed by atoms with Crippen molar-refractivity contribution in [2.45, 2.75) is 58.1 Å². The van der Waals surface area contributed by atoms with E-state index in [-0.39, 0.29) is 11.7 Å². The van der Waals surface area contributed by atoms with Gasteiger partial charge in [-0.2, -0.15) is 5.26 Å². The molecule has 0 radical (unpaired) electrons. The number of ether oxygens (including phenoxy) is 1. The molecule has 1 aliphatic rings. The smallest absolute Gasteiger partial charge is 0.421 e. The molecule has 0 bridgehead atoms. The molecule has 0 atom stereocenters. The lowest BCUT2D eigenvalue weighted by Crippen LogP contribution is -2.35. The number of nitrogens with zero attached hydrogens (tertiary/aromatic N) is 7. The van der Waals surface area contributed by atoms with E-state index in [4.69, 9.17) is 9.72 Å². The molecule has 4 aromatic rings. The van der Waals surface area contributed by atoms with Gasteiger partial charge in [0.1, 0.15) is 17.2 Å². The average Bonchev–Trinajstić information content (AvgIpc) is 3.71. The SMILES string of the molecule is CN(C)C(=O)CCn1cnc2cc(-c3cc(C4CC4)cc(N(C(=O)OC(C)(C)C)c4cc(C#N)ccn4)n3)ccc21. The molecule has 41 heavy (non-hydrogen) atoms. The summed E-state index contributed by atoms with van der Waals surface area (Å²) in [6, 6.07) is 15.1. The summed E-state index contributed by atoms with van der Waals surface area (Å²) in [6.45, 7) is 5.93. The second-order valence-electron chi connectivity index (χ2n) is 11.4. The Kier molecular flexibility index (Phi) is 7.45. The number of carbonyl (C=O) groups is 2. The van der Waals surface area contributed by atoms with Crippen LogP contribution >= 0.6 is 0 Å². The fourth-order valence-electron chi connectivity index (χ4n) is 4.51. The summed E-state index contributed by atoms with van der Waals surface area (Å²) in [5.74, 6) is 1.06. The van der Waals surface area contributed by atoms with Crippen LogP contribution in [0.4, 0.5) is 16.4 Å². The molecule has 3 aromatic heterocycles. The molecule has 0 spiro atoms. The maximum atomic E-state index is 13.5. The first-order valence-corrected chi connectivity index (χ1v) is 13.6. The van der Waals surface area contributed by atoms with Gasteiger partial charge in [0.15, 0.2) is 0 Å². The lowest BCUT2D eigenvalue weighted by molar-refractivity contribution is -0.128. The van der Waals surface area contributed by atoms with Gasteiger partial charge in [-0.1, -0.05) is 6.07 Å². The van der Waals surface area contributed by atoms with E-state index < -0.39 is 11.7 Å². The third-order valence-electron chi connectivity index (χ3n) is 6.77. The van der Waals surface area contributed by atoms with Crippen LogP contribution in [0, 0.1) is 11.3 Å². The molecule has 3 heterocycles. The van der Waals surface area contributed by atoms with Crippen LogP contribution in [-0.4, -0.2) is 56.1 Å². The molecule has 10 nitrogen and oxygen atoms in total. The largest absolute Gasteiger partial charge is 0.443 e. The maximum absolute atomic E-state index is 13.5. The van der Waals surface area contributed by atoms with Crippen LogP contribution < -0.4 is 4.90 Å². The number of aryl methyl sites for hydroxylation is 1. The topological polar surface area (TPSA) is 117 Å². The molecule has 1 saturated carbocycles. The van der Waals surface area contributed by atoms with Crippen LogP contribution in [0.2, 0.25) is 0 Å². The van der Waals surface area contributed by atoms with Gasteiger partial charge in [0.25, 0.3) is 0 Å². The minimum Gasteiger partial charge on any atom is -0.443 e. The molecular weight excluding hydrogens is 518 g/mol. The fraction of sp³-hybridized carbons (Fsp3) is 0.355. The van der Waals surface area contributed by atoms with Gasteiger partial charge in [-0.3, -0.25) is 4.79 Å². The van der Waals surface area contributed by atoms with Crippen molar-refractivity contribution in [3.05, 3.63) is 66.1 Å². The zero-order chi connectivity index (χ0) is 29.3. The third-order valence-corrected chi connectivity index (χ3v) is 6.77. The van der Waals surface area contributed by atoms with Crippen molar-refractivity contribution < 1.29 is 14.3 Å². The minimum atomic E-state index is -0.750. The first-order valence-electron chi connectivity index (χ1n) is 13.6. The quantitative estimate of drug-likeness (QED) is 0.285. The molecule has 10 heteroatoms. The van der Waals surface area contributed by atoms with Crippen LogP contribution in [-0.2, 0) is 16.1 Å². The van der Waals surface area contributed by atoms with Gasteiger partial charge in [-0.15, -0.1) is 0 Å². The van der Waals surface area contributed by atoms with Gasteiger partial charge < -0.3 is 14.2 Å². The van der Waals surface area contributed by atoms with E-state index in [0.717, 1.165) is 35.0 Å². The highest BCUT2D eigenvalue weighted by atomic mass is 16.6. The molecule has 1 aliphatic carbocycles. The minimum absolute atomic E-state index is 0.0569. The summed E-state index contributed by atoms with van der Waals surface area (Å²) in [4.78, 5) is 42.4. The summed E-state index contributed by atoms with van der Waals surface area (Å²) in [5, 5.41) is 9.48. The van der Waals surface area contributed by atoms with Crippen molar-refractivity contribution in [2.24, 2.45) is 0 Å². The highest BCUT2D eigenvalue weighted by Crippen LogP contribution is 2.43. The number of benzene rings is 1. The number of pyridine rings is 2. The average molecular weight is 552 g/mol. The van der Waals surface area contributed by atoms with Gasteiger partial charge in [0, 0.05) is 38.8 Å². The first kappa shape index (κ1) is 27.8. The van der Waals surface area contributed by atoms with Gasteiger partial charge in [-0.25, -0.2) is 24.6 Å². The Bertz CT molecular complexity index is 1660. The number of hydrogen-bond donors (Lipinski definition) is 0. The predicted molar refractivity (Wildman–Crippen MR) is 156 cm³/mol. The molecule has 0 saturated heterocycles. The second kappa shape index (κ2) is 11.0. The fourth-order valence-corrected chi connectivity index (χ4v) is 4.51. The standard InChI is InChI=1S/C31H33N7O3/c1-31(2,3)41-30(40)38(27-14-20(18-32)10-12-33-27)28-17-23(21-6-7-21)16-24(35-28)22-8-9-26-25(15-22)34-19-37(26)13-11-29(39)36(4)5/h8-10,12,14-17,19,21H,6-7,11,13H2,1-5H3. The van der Waals surface area contributed by atoms with Gasteiger partial charge in [0.05, 0.1) is 34.7 Å². The van der Waals surface area contributed by atoms with Gasteiger partial charge in [0.2, 0.25) is 5.91 Å². The Labute approximate surface area is 239 Å². The van der Waals surface area contributed by atoms with E-state index in [9.17, 15) is 14.9 Å². The summed E-state index contributed by atoms with van der Waals surface area (Å²) in [7, 11) is 3.50. The Balaban J connectivity index is 1.56. The van der Waals surface area contributed by atoms with E-state index in [0.29, 0.717) is 36.0 Å². The van der Waals surface area contributed by atoms with Crippen LogP contribution in [0.5, 0.6) is 0 Å². The number of carbonyl (C=O) groups excluding carboxylic acids is 2. The van der Waals surface area contributed by atoms with Crippen molar-refractivity contribution in [1.82, 2.24) is 24.4 Å². The van der Waals surface area contributed by atoms with Crippen molar-refractivity contribution in [3.8, 4) is 17.3 Å². The maximum Gasteiger partial charge on any atom is 0.421 e. The zero-order valence-corrected chi connectivity index (χ0v) is 24.0. The number of nitriles is 1. The molecular formula is C31H33N7O3. The van der Waals surface area contributed by atoms with Crippen LogP contribution in [0.25, 0.3) is 22.3 Å². The van der Waals surface area contributed by atoms with Crippen LogP contribution in [0.3, 0.4) is 0 Å². The normalized spacial score (nSPS) is 13.1. The number of fused-ring (bicyclic) bond motifs is 1. The summed E-state index contributed by atoms with van der Waals surface area (Å²) < 4.78 is 7.71. The lowest BCUT2D eigenvalue weighted by atomic mass is 10.1. The zero-order valence-electron chi connectivity index (χ0n) is 24.0. The number of hydrogen-bond acceptors (Lipinski definition) is 7. The van der Waals surface area contributed by atoms with Gasteiger partial charge >= 0.3 is 6.09 Å². The molecule has 0 N–H and O–H groups in total. The van der Waals surface area contributed by atoms with E-state index >= 15 is 0 Å². The Morgan fingerprint density at radius 2 is 1.85 bits per heavy atom. The van der Waals surface area contributed by atoms with Crippen LogP contribution in [0.15, 0.2) is 55.0 Å². The number of amides is 2. The second-order valence-corrected chi connectivity index (χ2v) is 11.4. The highest BCUT2D eigenvalue weighted by molar-refractivity contribution is 5.95. The lowest BCUT2D eigenvalue weighted by Gasteiger charge is -2.27. The number of rotatable bonds is 7. The molecule has 210 valence electrons. The Morgan fingerprint density at radius 3 is 2.54 bits per heavy atom.